The predicted octanol–water partition coefficient (Wildman–Crippen LogP) is 2.34. The molecule has 0 saturated carbocycles. The molecule has 0 radical (unpaired) electrons. The lowest BCUT2D eigenvalue weighted by Gasteiger charge is -2.39. The second-order valence-electron chi connectivity index (χ2n) is 7.88. The molecule has 2 saturated heterocycles. The molecule has 164 valence electrons. The van der Waals surface area contributed by atoms with E-state index in [0.717, 1.165) is 23.9 Å². The summed E-state index contributed by atoms with van der Waals surface area (Å²) in [6.45, 7) is 2.65. The fourth-order valence-electron chi connectivity index (χ4n) is 4.18. The summed E-state index contributed by atoms with van der Waals surface area (Å²) in [5, 5.41) is 18.6. The summed E-state index contributed by atoms with van der Waals surface area (Å²) in [4.78, 5) is 30.8. The number of ether oxygens (including phenoxy) is 1. The van der Waals surface area contributed by atoms with Crippen molar-refractivity contribution < 1.29 is 14.6 Å². The quantitative estimate of drug-likeness (QED) is 0.674. The summed E-state index contributed by atoms with van der Waals surface area (Å²) < 4.78 is 6.78. The maximum absolute atomic E-state index is 11.6. The maximum Gasteiger partial charge on any atom is 0.407 e. The minimum Gasteiger partial charge on any atom is -0.465 e. The number of piperazine rings is 1. The number of rotatable bonds is 5. The van der Waals surface area contributed by atoms with Crippen LogP contribution in [0.25, 0.3) is 11.0 Å². The summed E-state index contributed by atoms with van der Waals surface area (Å²) in [7, 11) is 2.09. The summed E-state index contributed by atoms with van der Waals surface area (Å²) in [6.07, 6.45) is 3.02. The zero-order valence-corrected chi connectivity index (χ0v) is 18.8. The van der Waals surface area contributed by atoms with Crippen LogP contribution in [0.1, 0.15) is 19.3 Å². The first-order valence-corrected chi connectivity index (χ1v) is 11.0. The van der Waals surface area contributed by atoms with Gasteiger partial charge in [0.15, 0.2) is 5.82 Å². The van der Waals surface area contributed by atoms with Gasteiger partial charge in [-0.1, -0.05) is 0 Å². The fraction of sp³-hybridized carbons (Fsp3) is 0.550. The van der Waals surface area contributed by atoms with Gasteiger partial charge in [0.1, 0.15) is 12.1 Å². The number of carboxylic acid groups (broad SMARTS) is 1. The molecule has 0 aliphatic carbocycles. The molecular formula is C20H24BrN7O3. The van der Waals surface area contributed by atoms with E-state index in [2.05, 4.69) is 48.9 Å². The first kappa shape index (κ1) is 21.5. The highest BCUT2D eigenvalue weighted by molar-refractivity contribution is 9.10. The standard InChI is InChI=1S/C20H24BrN7O3/c1-26-6-2-3-15(26)12-31-19-24-16-9-13(21)10-23-17(16)18(25-19)27-7-8-28(20(29)30)14(11-27)4-5-22/h9-10,14-15H,2-4,6-8,11-12H2,1H3,(H,29,30). The number of fused-ring (bicyclic) bond motifs is 1. The van der Waals surface area contributed by atoms with Crippen molar-refractivity contribution in [1.82, 2.24) is 24.8 Å². The molecule has 0 aromatic carbocycles. The van der Waals surface area contributed by atoms with E-state index >= 15 is 0 Å². The number of nitriles is 1. The maximum atomic E-state index is 11.6. The molecule has 11 heteroatoms. The van der Waals surface area contributed by atoms with E-state index < -0.39 is 12.1 Å². The van der Waals surface area contributed by atoms with Crippen LogP contribution < -0.4 is 9.64 Å². The van der Waals surface area contributed by atoms with E-state index in [1.807, 2.05) is 11.0 Å². The van der Waals surface area contributed by atoms with Crippen LogP contribution in [0, 0.1) is 11.3 Å². The van der Waals surface area contributed by atoms with E-state index in [1.54, 1.807) is 6.20 Å². The fourth-order valence-corrected chi connectivity index (χ4v) is 4.50. The Morgan fingerprint density at radius 3 is 2.90 bits per heavy atom. The molecule has 1 N–H and O–H groups in total. The second-order valence-corrected chi connectivity index (χ2v) is 8.79. The molecule has 1 amide bonds. The highest BCUT2D eigenvalue weighted by Gasteiger charge is 2.32. The number of likely N-dealkylation sites (N-methyl/N-ethyl adjacent to an activating group) is 1. The molecule has 2 aliphatic rings. The van der Waals surface area contributed by atoms with Crippen LogP contribution in [0.5, 0.6) is 6.01 Å². The van der Waals surface area contributed by atoms with Crippen LogP contribution in [0.2, 0.25) is 0 Å². The topological polar surface area (TPSA) is 119 Å². The van der Waals surface area contributed by atoms with Gasteiger partial charge in [0, 0.05) is 36.3 Å². The molecule has 0 spiro atoms. The van der Waals surface area contributed by atoms with E-state index in [0.29, 0.717) is 42.6 Å². The normalized spacial score (nSPS) is 22.0. The van der Waals surface area contributed by atoms with E-state index in [4.69, 9.17) is 10.00 Å². The van der Waals surface area contributed by atoms with Gasteiger partial charge in [0.05, 0.1) is 24.0 Å². The average Bonchev–Trinajstić information content (AvgIpc) is 3.16. The van der Waals surface area contributed by atoms with Crippen LogP contribution in [-0.4, -0.2) is 87.9 Å². The van der Waals surface area contributed by atoms with Crippen molar-refractivity contribution in [2.24, 2.45) is 0 Å². The molecule has 2 fully saturated rings. The van der Waals surface area contributed by atoms with Gasteiger partial charge in [-0.25, -0.2) is 9.78 Å². The Hall–Kier alpha value is -2.71. The number of carbonyl (C=O) groups is 1. The monoisotopic (exact) mass is 489 g/mol. The number of halogens is 1. The molecular weight excluding hydrogens is 466 g/mol. The van der Waals surface area contributed by atoms with Crippen molar-refractivity contribution in [3.63, 3.8) is 0 Å². The Morgan fingerprint density at radius 1 is 1.35 bits per heavy atom. The molecule has 2 aromatic heterocycles. The number of anilines is 1. The molecule has 2 aliphatic heterocycles. The number of hydrogen-bond donors (Lipinski definition) is 1. The SMILES string of the molecule is CN1CCCC1COc1nc(N2CCN(C(=O)O)C(CC#N)C2)c2ncc(Br)cc2n1. The number of aromatic nitrogens is 3. The minimum atomic E-state index is -1.01. The number of nitrogens with zero attached hydrogens (tertiary/aromatic N) is 7. The molecule has 31 heavy (non-hydrogen) atoms. The number of likely N-dealkylation sites (tertiary alicyclic amines) is 1. The number of amides is 1. The van der Waals surface area contributed by atoms with Crippen molar-refractivity contribution in [3.05, 3.63) is 16.7 Å². The van der Waals surface area contributed by atoms with Crippen molar-refractivity contribution >= 4 is 38.9 Å². The summed E-state index contributed by atoms with van der Waals surface area (Å²) in [6, 6.07) is 4.13. The van der Waals surface area contributed by atoms with Gasteiger partial charge in [-0.3, -0.25) is 0 Å². The van der Waals surface area contributed by atoms with Crippen LogP contribution in [0.15, 0.2) is 16.7 Å². The van der Waals surface area contributed by atoms with Crippen LogP contribution >= 0.6 is 15.9 Å². The molecule has 4 heterocycles. The highest BCUT2D eigenvalue weighted by Crippen LogP contribution is 2.29. The summed E-state index contributed by atoms with van der Waals surface area (Å²) in [5.74, 6) is 0.597. The molecule has 10 nitrogen and oxygen atoms in total. The number of pyridine rings is 1. The van der Waals surface area contributed by atoms with Crippen LogP contribution in [-0.2, 0) is 0 Å². The lowest BCUT2D eigenvalue weighted by atomic mass is 10.1. The third-order valence-corrected chi connectivity index (χ3v) is 6.33. The van der Waals surface area contributed by atoms with Crippen LogP contribution in [0.4, 0.5) is 10.6 Å². The Balaban J connectivity index is 1.64. The van der Waals surface area contributed by atoms with Gasteiger partial charge < -0.3 is 24.5 Å². The molecule has 4 rings (SSSR count). The lowest BCUT2D eigenvalue weighted by molar-refractivity contribution is 0.119. The first-order valence-electron chi connectivity index (χ1n) is 10.2. The largest absolute Gasteiger partial charge is 0.465 e. The van der Waals surface area contributed by atoms with Gasteiger partial charge in [0.25, 0.3) is 0 Å². The van der Waals surface area contributed by atoms with Crippen LogP contribution in [0.3, 0.4) is 0 Å². The minimum absolute atomic E-state index is 0.113. The summed E-state index contributed by atoms with van der Waals surface area (Å²) >= 11 is 3.44. The van der Waals surface area contributed by atoms with Crippen molar-refractivity contribution in [3.8, 4) is 12.1 Å². The zero-order valence-electron chi connectivity index (χ0n) is 17.2. The highest BCUT2D eigenvalue weighted by atomic mass is 79.9. The van der Waals surface area contributed by atoms with E-state index in [-0.39, 0.29) is 19.0 Å². The summed E-state index contributed by atoms with van der Waals surface area (Å²) in [5.41, 5.74) is 1.26. The van der Waals surface area contributed by atoms with Gasteiger partial charge in [0.2, 0.25) is 0 Å². The van der Waals surface area contributed by atoms with Crippen molar-refractivity contribution in [2.75, 3.05) is 44.7 Å². The van der Waals surface area contributed by atoms with Gasteiger partial charge >= 0.3 is 12.1 Å². The molecule has 2 atom stereocenters. The second kappa shape index (κ2) is 9.20. The van der Waals surface area contributed by atoms with Gasteiger partial charge in [-0.2, -0.15) is 15.2 Å². The molecule has 2 unspecified atom stereocenters. The Kier molecular flexibility index (Phi) is 6.38. The van der Waals surface area contributed by atoms with E-state index in [1.165, 1.54) is 4.90 Å². The third kappa shape index (κ3) is 4.65. The van der Waals surface area contributed by atoms with Crippen molar-refractivity contribution in [1.29, 1.82) is 5.26 Å². The molecule has 2 aromatic rings. The first-order chi connectivity index (χ1) is 15.0. The lowest BCUT2D eigenvalue weighted by Crippen LogP contribution is -2.55. The van der Waals surface area contributed by atoms with E-state index in [9.17, 15) is 9.90 Å². The zero-order chi connectivity index (χ0) is 22.0. The third-order valence-electron chi connectivity index (χ3n) is 5.89. The Bertz CT molecular complexity index is 1010. The predicted molar refractivity (Wildman–Crippen MR) is 117 cm³/mol. The number of hydrogen-bond acceptors (Lipinski definition) is 8. The van der Waals surface area contributed by atoms with Gasteiger partial charge in [-0.15, -0.1) is 0 Å². The average molecular weight is 490 g/mol. The van der Waals surface area contributed by atoms with Gasteiger partial charge in [-0.05, 0) is 48.4 Å². The Labute approximate surface area is 188 Å². The molecule has 0 bridgehead atoms. The smallest absolute Gasteiger partial charge is 0.407 e. The Morgan fingerprint density at radius 2 is 2.19 bits per heavy atom. The van der Waals surface area contributed by atoms with Crippen molar-refractivity contribution in [2.45, 2.75) is 31.3 Å².